The molecule has 11 heteroatoms. The van der Waals surface area contributed by atoms with Gasteiger partial charge in [0.2, 0.25) is 21.1 Å². The average Bonchev–Trinajstić information content (AvgIpc) is 2.95. The van der Waals surface area contributed by atoms with Gasteiger partial charge < -0.3 is 10.1 Å². The Kier molecular flexibility index (Phi) is 6.31. The molecule has 0 atom stereocenters. The molecule has 0 radical (unpaired) electrons. The topological polar surface area (TPSA) is 110 Å². The summed E-state index contributed by atoms with van der Waals surface area (Å²) in [4.78, 5) is 11.7. The molecule has 1 amide bonds. The second kappa shape index (κ2) is 8.24. The van der Waals surface area contributed by atoms with E-state index in [9.17, 15) is 17.6 Å². The third-order valence-corrected chi connectivity index (χ3v) is 5.04. The van der Waals surface area contributed by atoms with Crippen molar-refractivity contribution in [3.8, 4) is 0 Å². The van der Waals surface area contributed by atoms with Crippen LogP contribution in [0.3, 0.4) is 0 Å². The average molecular weight is 374 g/mol. The Morgan fingerprint density at radius 3 is 2.67 bits per heavy atom. The van der Waals surface area contributed by atoms with E-state index >= 15 is 0 Å². The van der Waals surface area contributed by atoms with Crippen LogP contribution < -0.4 is 10.0 Å². The molecule has 2 N–H and O–H groups in total. The lowest BCUT2D eigenvalue weighted by atomic mass is 10.4. The molecule has 0 aliphatic carbocycles. The monoisotopic (exact) mass is 374 g/mol. The van der Waals surface area contributed by atoms with Crippen LogP contribution in [0, 0.1) is 5.82 Å². The molecule has 0 spiro atoms. The van der Waals surface area contributed by atoms with Gasteiger partial charge in [-0.2, -0.15) is 0 Å². The molecule has 1 heterocycles. The summed E-state index contributed by atoms with van der Waals surface area (Å²) >= 11 is 1.17. The van der Waals surface area contributed by atoms with Crippen LogP contribution in [0.25, 0.3) is 0 Å². The standard InChI is InChI=1S/C13H15FN4O4S2/c1-22-8-12-17-18-13(23-12)16-11(19)6-7-15-24(20,21)10-4-2-9(14)3-5-10/h2-5,15H,6-8H2,1H3,(H,16,18,19). The zero-order chi connectivity index (χ0) is 17.6. The van der Waals surface area contributed by atoms with E-state index in [-0.39, 0.29) is 17.9 Å². The summed E-state index contributed by atoms with van der Waals surface area (Å²) in [5, 5.41) is 11.0. The summed E-state index contributed by atoms with van der Waals surface area (Å²) in [6.07, 6.45) is -0.0837. The van der Waals surface area contributed by atoms with Crippen LogP contribution in [0.15, 0.2) is 29.2 Å². The fraction of sp³-hybridized carbons (Fsp3) is 0.308. The summed E-state index contributed by atoms with van der Waals surface area (Å²) in [6, 6.07) is 4.40. The van der Waals surface area contributed by atoms with Crippen molar-refractivity contribution in [3.63, 3.8) is 0 Å². The van der Waals surface area contributed by atoms with E-state index in [0.717, 1.165) is 24.3 Å². The largest absolute Gasteiger partial charge is 0.377 e. The molecule has 0 aliphatic rings. The van der Waals surface area contributed by atoms with E-state index in [1.54, 1.807) is 0 Å². The van der Waals surface area contributed by atoms with Gasteiger partial charge in [0.1, 0.15) is 17.4 Å². The maximum Gasteiger partial charge on any atom is 0.240 e. The van der Waals surface area contributed by atoms with Gasteiger partial charge in [-0.05, 0) is 24.3 Å². The fourth-order valence-corrected chi connectivity index (χ4v) is 3.42. The number of nitrogens with zero attached hydrogens (tertiary/aromatic N) is 2. The summed E-state index contributed by atoms with van der Waals surface area (Å²) in [7, 11) is -2.27. The molecule has 2 aromatic rings. The summed E-state index contributed by atoms with van der Waals surface area (Å²) in [5.41, 5.74) is 0. The molecule has 2 rings (SSSR count). The van der Waals surface area contributed by atoms with Gasteiger partial charge in [-0.3, -0.25) is 4.79 Å². The molecule has 0 unspecified atom stereocenters. The molecule has 0 aliphatic heterocycles. The number of aromatic nitrogens is 2. The predicted octanol–water partition coefficient (Wildman–Crippen LogP) is 1.13. The van der Waals surface area contributed by atoms with Gasteiger partial charge in [0.05, 0.1) is 4.90 Å². The molecule has 130 valence electrons. The number of hydrogen-bond donors (Lipinski definition) is 2. The van der Waals surface area contributed by atoms with Gasteiger partial charge in [-0.25, -0.2) is 17.5 Å². The number of carbonyl (C=O) groups is 1. The highest BCUT2D eigenvalue weighted by atomic mass is 32.2. The van der Waals surface area contributed by atoms with Crippen molar-refractivity contribution in [3.05, 3.63) is 35.1 Å². The summed E-state index contributed by atoms with van der Waals surface area (Å²) in [6.45, 7) is 0.195. The second-order valence-corrected chi connectivity index (χ2v) is 7.41. The normalized spacial score (nSPS) is 11.4. The maximum absolute atomic E-state index is 12.8. The number of rotatable bonds is 8. The van der Waals surface area contributed by atoms with Gasteiger partial charge in [0.15, 0.2) is 0 Å². The number of benzene rings is 1. The molecular weight excluding hydrogens is 359 g/mol. The van der Waals surface area contributed by atoms with Gasteiger partial charge in [-0.15, -0.1) is 10.2 Å². The van der Waals surface area contributed by atoms with Crippen LogP contribution in [-0.4, -0.2) is 38.2 Å². The Morgan fingerprint density at radius 2 is 2.00 bits per heavy atom. The quantitative estimate of drug-likeness (QED) is 0.717. The first kappa shape index (κ1) is 18.4. The minimum atomic E-state index is -3.79. The Hall–Kier alpha value is -1.95. The van der Waals surface area contributed by atoms with Crippen molar-refractivity contribution in [1.82, 2.24) is 14.9 Å². The number of sulfonamides is 1. The van der Waals surface area contributed by atoms with E-state index < -0.39 is 21.7 Å². The number of anilines is 1. The van der Waals surface area contributed by atoms with E-state index in [0.29, 0.717) is 16.7 Å². The van der Waals surface area contributed by atoms with Crippen molar-refractivity contribution >= 4 is 32.4 Å². The number of methoxy groups -OCH3 is 1. The van der Waals surface area contributed by atoms with Crippen LogP contribution in [0.5, 0.6) is 0 Å². The fourth-order valence-electron chi connectivity index (χ4n) is 1.66. The first-order valence-electron chi connectivity index (χ1n) is 6.77. The van der Waals surface area contributed by atoms with E-state index in [1.165, 1.54) is 18.4 Å². The number of ether oxygens (including phenoxy) is 1. The number of hydrogen-bond acceptors (Lipinski definition) is 7. The highest BCUT2D eigenvalue weighted by Gasteiger charge is 2.14. The molecule has 0 fully saturated rings. The lowest BCUT2D eigenvalue weighted by Crippen LogP contribution is -2.27. The Labute approximate surface area is 142 Å². The van der Waals surface area contributed by atoms with Crippen molar-refractivity contribution in [2.75, 3.05) is 19.0 Å². The number of nitrogens with one attached hydrogen (secondary N) is 2. The Bertz CT molecular complexity index is 793. The number of carbonyl (C=O) groups excluding carboxylic acids is 1. The third-order valence-electron chi connectivity index (χ3n) is 2.75. The molecule has 0 saturated carbocycles. The van der Waals surface area contributed by atoms with Crippen molar-refractivity contribution < 1.29 is 22.3 Å². The summed E-state index contributed by atoms with van der Waals surface area (Å²) in [5.74, 6) is -0.935. The highest BCUT2D eigenvalue weighted by molar-refractivity contribution is 7.89. The Morgan fingerprint density at radius 1 is 1.29 bits per heavy atom. The van der Waals surface area contributed by atoms with Gasteiger partial charge in [0.25, 0.3) is 0 Å². The van der Waals surface area contributed by atoms with Crippen molar-refractivity contribution in [2.45, 2.75) is 17.9 Å². The van der Waals surface area contributed by atoms with Crippen LogP contribution in [-0.2, 0) is 26.2 Å². The van der Waals surface area contributed by atoms with Crippen LogP contribution in [0.2, 0.25) is 0 Å². The molecule has 24 heavy (non-hydrogen) atoms. The first-order valence-corrected chi connectivity index (χ1v) is 9.07. The van der Waals surface area contributed by atoms with Gasteiger partial charge in [0, 0.05) is 20.1 Å². The van der Waals surface area contributed by atoms with Crippen molar-refractivity contribution in [1.29, 1.82) is 0 Å². The third kappa shape index (κ3) is 5.30. The predicted molar refractivity (Wildman–Crippen MR) is 85.5 cm³/mol. The van der Waals surface area contributed by atoms with Crippen LogP contribution in [0.1, 0.15) is 11.4 Å². The first-order chi connectivity index (χ1) is 11.4. The van der Waals surface area contributed by atoms with Crippen molar-refractivity contribution in [2.24, 2.45) is 0 Å². The van der Waals surface area contributed by atoms with E-state index in [4.69, 9.17) is 4.74 Å². The summed E-state index contributed by atoms with van der Waals surface area (Å²) < 4.78 is 43.9. The van der Waals surface area contributed by atoms with E-state index in [2.05, 4.69) is 20.2 Å². The SMILES string of the molecule is COCc1nnc(NC(=O)CCNS(=O)(=O)c2ccc(F)cc2)s1. The van der Waals surface area contributed by atoms with Gasteiger partial charge in [-0.1, -0.05) is 11.3 Å². The smallest absolute Gasteiger partial charge is 0.240 e. The van der Waals surface area contributed by atoms with Gasteiger partial charge >= 0.3 is 0 Å². The second-order valence-electron chi connectivity index (χ2n) is 4.58. The number of halogens is 1. The highest BCUT2D eigenvalue weighted by Crippen LogP contribution is 2.15. The maximum atomic E-state index is 12.8. The number of amides is 1. The molecule has 1 aromatic heterocycles. The minimum Gasteiger partial charge on any atom is -0.377 e. The zero-order valence-corrected chi connectivity index (χ0v) is 14.3. The lowest BCUT2D eigenvalue weighted by Gasteiger charge is -2.06. The Balaban J connectivity index is 1.82. The molecule has 1 aromatic carbocycles. The van der Waals surface area contributed by atoms with Crippen LogP contribution in [0.4, 0.5) is 9.52 Å². The minimum absolute atomic E-state index is 0.0716. The van der Waals surface area contributed by atoms with E-state index in [1.807, 2.05) is 0 Å². The zero-order valence-electron chi connectivity index (χ0n) is 12.7. The molecule has 0 bridgehead atoms. The molecule has 8 nitrogen and oxygen atoms in total. The molecular formula is C13H15FN4O4S2. The van der Waals surface area contributed by atoms with Crippen LogP contribution >= 0.6 is 11.3 Å². The lowest BCUT2D eigenvalue weighted by molar-refractivity contribution is -0.116. The molecule has 0 saturated heterocycles.